The number of ether oxygens (including phenoxy) is 1. The largest absolute Gasteiger partial charge is 0.444 e. The lowest BCUT2D eigenvalue weighted by molar-refractivity contribution is 0.0525. The van der Waals surface area contributed by atoms with E-state index in [0.29, 0.717) is 0 Å². The van der Waals surface area contributed by atoms with Crippen molar-refractivity contribution in [2.24, 2.45) is 0 Å². The Morgan fingerprint density at radius 1 is 1.44 bits per heavy atom. The van der Waals surface area contributed by atoms with Gasteiger partial charge in [0.25, 0.3) is 0 Å². The Balaban J connectivity index is 3.95. The lowest BCUT2D eigenvalue weighted by Gasteiger charge is -2.21. The highest BCUT2D eigenvalue weighted by Crippen LogP contribution is 2.06. The van der Waals surface area contributed by atoms with E-state index in [1.54, 1.807) is 20.8 Å². The molecule has 0 bridgehead atoms. The fourth-order valence-corrected chi connectivity index (χ4v) is 1.04. The number of alkyl carbamates (subject to hydrolysis) is 1. The van der Waals surface area contributed by atoms with Crippen molar-refractivity contribution in [2.75, 3.05) is 6.54 Å². The molecule has 2 N–H and O–H groups in total. The Morgan fingerprint density at radius 3 is 2.38 bits per heavy atom. The van der Waals surface area contributed by atoms with Crippen LogP contribution >= 0.6 is 0 Å². The molecular weight excluding hydrogens is 206 g/mol. The number of nitrogens with zero attached hydrogens (tertiary/aromatic N) is 1. The summed E-state index contributed by atoms with van der Waals surface area (Å²) in [7, 11) is 0. The average molecular weight is 227 g/mol. The monoisotopic (exact) mass is 227 g/mol. The van der Waals surface area contributed by atoms with E-state index < -0.39 is 17.7 Å². The van der Waals surface area contributed by atoms with Crippen LogP contribution in [0.2, 0.25) is 0 Å². The zero-order valence-electron chi connectivity index (χ0n) is 10.6. The molecule has 1 amide bonds. The molecule has 5 heteroatoms. The minimum absolute atomic E-state index is 0.199. The van der Waals surface area contributed by atoms with Crippen LogP contribution in [0.25, 0.3) is 0 Å². The second-order valence-corrected chi connectivity index (χ2v) is 4.89. The lowest BCUT2D eigenvalue weighted by atomic mass is 10.2. The third-order valence-electron chi connectivity index (χ3n) is 1.54. The standard InChI is InChI=1S/C11H21N3O2/c1-8(2)14-9(6-12)7-13-10(15)16-11(3,4)5/h8-9,14H,7H2,1-5H3,(H,13,15). The summed E-state index contributed by atoms with van der Waals surface area (Å²) in [6, 6.07) is 1.87. The van der Waals surface area contributed by atoms with Crippen LogP contribution in [-0.4, -0.2) is 30.3 Å². The minimum Gasteiger partial charge on any atom is -0.444 e. The van der Waals surface area contributed by atoms with Crippen molar-refractivity contribution in [3.05, 3.63) is 0 Å². The van der Waals surface area contributed by atoms with Crippen molar-refractivity contribution < 1.29 is 9.53 Å². The molecule has 0 aromatic heterocycles. The maximum Gasteiger partial charge on any atom is 0.407 e. The van der Waals surface area contributed by atoms with Gasteiger partial charge >= 0.3 is 6.09 Å². The number of carbonyl (C=O) groups excluding carboxylic acids is 1. The number of rotatable bonds is 4. The smallest absolute Gasteiger partial charge is 0.407 e. The molecule has 0 aliphatic heterocycles. The van der Waals surface area contributed by atoms with Crippen molar-refractivity contribution in [3.63, 3.8) is 0 Å². The maximum atomic E-state index is 11.3. The summed E-state index contributed by atoms with van der Waals surface area (Å²) in [5.74, 6) is 0. The topological polar surface area (TPSA) is 74.2 Å². The molecular formula is C11H21N3O2. The molecule has 0 spiro atoms. The van der Waals surface area contributed by atoms with Crippen LogP contribution in [0, 0.1) is 11.3 Å². The van der Waals surface area contributed by atoms with Gasteiger partial charge in [-0.25, -0.2) is 4.79 Å². The fraction of sp³-hybridized carbons (Fsp3) is 0.818. The average Bonchev–Trinajstić information content (AvgIpc) is 2.08. The van der Waals surface area contributed by atoms with Gasteiger partial charge in [-0.15, -0.1) is 0 Å². The molecule has 0 radical (unpaired) electrons. The SMILES string of the molecule is CC(C)NC(C#N)CNC(=O)OC(C)(C)C. The molecule has 5 nitrogen and oxygen atoms in total. The molecule has 0 aromatic rings. The zero-order valence-corrected chi connectivity index (χ0v) is 10.6. The van der Waals surface area contributed by atoms with Crippen molar-refractivity contribution in [3.8, 4) is 6.07 Å². The van der Waals surface area contributed by atoms with Gasteiger partial charge in [0.15, 0.2) is 0 Å². The molecule has 92 valence electrons. The Bertz CT molecular complexity index is 263. The van der Waals surface area contributed by atoms with Gasteiger partial charge in [0.1, 0.15) is 11.6 Å². The van der Waals surface area contributed by atoms with E-state index in [0.717, 1.165) is 0 Å². The first-order valence-electron chi connectivity index (χ1n) is 5.37. The fourth-order valence-electron chi connectivity index (χ4n) is 1.04. The highest BCUT2D eigenvalue weighted by molar-refractivity contribution is 5.67. The van der Waals surface area contributed by atoms with Crippen LogP contribution in [0.4, 0.5) is 4.79 Å². The molecule has 0 aliphatic carbocycles. The first kappa shape index (κ1) is 14.7. The summed E-state index contributed by atoms with van der Waals surface area (Å²) < 4.78 is 5.05. The van der Waals surface area contributed by atoms with E-state index in [4.69, 9.17) is 10.00 Å². The Hall–Kier alpha value is -1.28. The van der Waals surface area contributed by atoms with Gasteiger partial charge in [-0.3, -0.25) is 5.32 Å². The summed E-state index contributed by atoms with van der Waals surface area (Å²) in [5, 5.41) is 14.4. The van der Waals surface area contributed by atoms with Crippen molar-refractivity contribution in [1.29, 1.82) is 5.26 Å². The summed E-state index contributed by atoms with van der Waals surface area (Å²) in [4.78, 5) is 11.3. The molecule has 0 saturated heterocycles. The number of nitrogens with one attached hydrogen (secondary N) is 2. The second kappa shape index (κ2) is 6.33. The highest BCUT2D eigenvalue weighted by Gasteiger charge is 2.17. The maximum absolute atomic E-state index is 11.3. The zero-order chi connectivity index (χ0) is 12.8. The third kappa shape index (κ3) is 8.06. The normalized spacial score (nSPS) is 13.1. The van der Waals surface area contributed by atoms with Crippen LogP contribution < -0.4 is 10.6 Å². The van der Waals surface area contributed by atoms with Crippen LogP contribution in [0.1, 0.15) is 34.6 Å². The van der Waals surface area contributed by atoms with Crippen LogP contribution in [0.5, 0.6) is 0 Å². The molecule has 0 saturated carbocycles. The number of hydrogen-bond donors (Lipinski definition) is 2. The predicted octanol–water partition coefficient (Wildman–Crippen LogP) is 1.40. The van der Waals surface area contributed by atoms with Gasteiger partial charge < -0.3 is 10.1 Å². The third-order valence-corrected chi connectivity index (χ3v) is 1.54. The lowest BCUT2D eigenvalue weighted by Crippen LogP contribution is -2.44. The van der Waals surface area contributed by atoms with Crippen molar-refractivity contribution >= 4 is 6.09 Å². The van der Waals surface area contributed by atoms with Gasteiger partial charge in [-0.05, 0) is 34.6 Å². The second-order valence-electron chi connectivity index (χ2n) is 4.89. The van der Waals surface area contributed by atoms with Gasteiger partial charge in [0, 0.05) is 12.6 Å². The Labute approximate surface area is 97.2 Å². The van der Waals surface area contributed by atoms with Gasteiger partial charge in [0.05, 0.1) is 6.07 Å². The van der Waals surface area contributed by atoms with E-state index in [9.17, 15) is 4.79 Å². The van der Waals surface area contributed by atoms with E-state index >= 15 is 0 Å². The Morgan fingerprint density at radius 2 is 2.00 bits per heavy atom. The molecule has 0 heterocycles. The quantitative estimate of drug-likeness (QED) is 0.761. The van der Waals surface area contributed by atoms with Gasteiger partial charge in [0.2, 0.25) is 0 Å². The first-order chi connectivity index (χ1) is 7.24. The molecule has 1 unspecified atom stereocenters. The van der Waals surface area contributed by atoms with E-state index in [1.165, 1.54) is 0 Å². The summed E-state index contributed by atoms with van der Waals surface area (Å²) >= 11 is 0. The number of carbonyl (C=O) groups is 1. The van der Waals surface area contributed by atoms with Crippen LogP contribution in [0.15, 0.2) is 0 Å². The van der Waals surface area contributed by atoms with Crippen molar-refractivity contribution in [1.82, 2.24) is 10.6 Å². The molecule has 1 atom stereocenters. The van der Waals surface area contributed by atoms with Crippen molar-refractivity contribution in [2.45, 2.75) is 52.3 Å². The first-order valence-corrected chi connectivity index (χ1v) is 5.37. The Kier molecular flexibility index (Phi) is 5.83. The molecule has 0 rings (SSSR count). The molecule has 0 aliphatic rings. The number of hydrogen-bond acceptors (Lipinski definition) is 4. The van der Waals surface area contributed by atoms with Crippen LogP contribution in [-0.2, 0) is 4.74 Å². The van der Waals surface area contributed by atoms with Crippen LogP contribution in [0.3, 0.4) is 0 Å². The summed E-state index contributed by atoms with van der Waals surface area (Å²) in [6.07, 6.45) is -0.502. The van der Waals surface area contributed by atoms with E-state index in [2.05, 4.69) is 16.7 Å². The predicted molar refractivity (Wildman–Crippen MR) is 61.9 cm³/mol. The number of amides is 1. The summed E-state index contributed by atoms with van der Waals surface area (Å²) in [5.41, 5.74) is -0.516. The van der Waals surface area contributed by atoms with Gasteiger partial charge in [-0.2, -0.15) is 5.26 Å². The van der Waals surface area contributed by atoms with E-state index in [1.807, 2.05) is 13.8 Å². The molecule has 16 heavy (non-hydrogen) atoms. The molecule has 0 fully saturated rings. The van der Waals surface area contributed by atoms with Gasteiger partial charge in [-0.1, -0.05) is 0 Å². The highest BCUT2D eigenvalue weighted by atomic mass is 16.6. The molecule has 0 aromatic carbocycles. The van der Waals surface area contributed by atoms with E-state index in [-0.39, 0.29) is 12.6 Å². The minimum atomic E-state index is -0.516. The summed E-state index contributed by atoms with van der Waals surface area (Å²) in [6.45, 7) is 9.50. The number of nitriles is 1.